The average Bonchev–Trinajstić information content (AvgIpc) is 2.21. The molecule has 0 fully saturated rings. The minimum absolute atomic E-state index is 0.171. The summed E-state index contributed by atoms with van der Waals surface area (Å²) in [5.74, 6) is 0.980. The molecule has 0 aliphatic carbocycles. The number of benzene rings is 1. The smallest absolute Gasteiger partial charge is 0.142 e. The summed E-state index contributed by atoms with van der Waals surface area (Å²) in [6.45, 7) is 2.36. The molecule has 0 unspecified atom stereocenters. The number of ether oxygens (including phenoxy) is 1. The van der Waals surface area contributed by atoms with Crippen molar-refractivity contribution in [1.29, 1.82) is 0 Å². The lowest BCUT2D eigenvalue weighted by Crippen LogP contribution is -2.15. The first-order chi connectivity index (χ1) is 7.13. The molecule has 1 rings (SSSR count). The van der Waals surface area contributed by atoms with E-state index in [4.69, 9.17) is 15.7 Å². The number of amidine groups is 1. The van der Waals surface area contributed by atoms with Crippen LogP contribution in [0.25, 0.3) is 0 Å². The van der Waals surface area contributed by atoms with Gasteiger partial charge in [0.15, 0.2) is 0 Å². The number of nitrogens with two attached hydrogens (primary N) is 1. The van der Waals surface area contributed by atoms with E-state index in [1.165, 1.54) is 0 Å². The lowest BCUT2D eigenvalue weighted by Gasteiger charge is -2.08. The van der Waals surface area contributed by atoms with Gasteiger partial charge < -0.3 is 15.7 Å². The van der Waals surface area contributed by atoms with Gasteiger partial charge >= 0.3 is 0 Å². The van der Waals surface area contributed by atoms with E-state index in [0.29, 0.717) is 13.0 Å². The van der Waals surface area contributed by atoms with Crippen LogP contribution >= 0.6 is 15.9 Å². The monoisotopic (exact) mass is 272 g/mol. The number of halogens is 1. The van der Waals surface area contributed by atoms with Gasteiger partial charge in [0, 0.05) is 10.9 Å². The van der Waals surface area contributed by atoms with E-state index < -0.39 is 0 Å². The second kappa shape index (κ2) is 5.60. The van der Waals surface area contributed by atoms with Crippen LogP contribution in [0.1, 0.15) is 12.0 Å². The first-order valence-corrected chi connectivity index (χ1v) is 5.28. The Morgan fingerprint density at radius 3 is 2.93 bits per heavy atom. The molecule has 0 atom stereocenters. The molecule has 1 aromatic rings. The second-order valence-electron chi connectivity index (χ2n) is 3.10. The van der Waals surface area contributed by atoms with Crippen LogP contribution in [0, 0.1) is 6.92 Å². The Morgan fingerprint density at radius 1 is 1.60 bits per heavy atom. The Balaban J connectivity index is 2.51. The standard InChI is InChI=1S/C10H13BrN2O2/c1-7-6-8(11)2-3-9(7)15-5-4-10(12)13-14/h2-3,6,14H,4-5H2,1H3,(H2,12,13). The van der Waals surface area contributed by atoms with Crippen molar-refractivity contribution in [3.8, 4) is 5.75 Å². The van der Waals surface area contributed by atoms with Crippen molar-refractivity contribution in [2.24, 2.45) is 10.9 Å². The van der Waals surface area contributed by atoms with Crippen molar-refractivity contribution in [1.82, 2.24) is 0 Å². The number of oxime groups is 1. The minimum atomic E-state index is 0.171. The van der Waals surface area contributed by atoms with Crippen LogP contribution in [0.5, 0.6) is 5.75 Å². The number of rotatable bonds is 4. The van der Waals surface area contributed by atoms with Gasteiger partial charge in [0.05, 0.1) is 6.61 Å². The van der Waals surface area contributed by atoms with Crippen molar-refractivity contribution in [2.45, 2.75) is 13.3 Å². The topological polar surface area (TPSA) is 67.8 Å². The highest BCUT2D eigenvalue weighted by molar-refractivity contribution is 9.10. The highest BCUT2D eigenvalue weighted by Crippen LogP contribution is 2.22. The van der Waals surface area contributed by atoms with Crippen molar-refractivity contribution in [3.05, 3.63) is 28.2 Å². The summed E-state index contributed by atoms with van der Waals surface area (Å²) in [7, 11) is 0. The van der Waals surface area contributed by atoms with E-state index in [1.54, 1.807) is 0 Å². The molecule has 1 aromatic carbocycles. The molecule has 0 amide bonds. The predicted molar refractivity (Wildman–Crippen MR) is 62.4 cm³/mol. The summed E-state index contributed by atoms with van der Waals surface area (Å²) in [5, 5.41) is 11.2. The lowest BCUT2D eigenvalue weighted by molar-refractivity contribution is 0.305. The summed E-state index contributed by atoms with van der Waals surface area (Å²) < 4.78 is 6.49. The fraction of sp³-hybridized carbons (Fsp3) is 0.300. The van der Waals surface area contributed by atoms with E-state index in [-0.39, 0.29) is 5.84 Å². The fourth-order valence-corrected chi connectivity index (χ4v) is 1.57. The van der Waals surface area contributed by atoms with Gasteiger partial charge in [0.2, 0.25) is 0 Å². The van der Waals surface area contributed by atoms with Gasteiger partial charge in [-0.25, -0.2) is 0 Å². The molecule has 0 heterocycles. The first-order valence-electron chi connectivity index (χ1n) is 4.49. The van der Waals surface area contributed by atoms with E-state index in [1.807, 2.05) is 25.1 Å². The lowest BCUT2D eigenvalue weighted by atomic mass is 10.2. The number of nitrogens with zero attached hydrogens (tertiary/aromatic N) is 1. The summed E-state index contributed by atoms with van der Waals surface area (Å²) in [6, 6.07) is 5.76. The van der Waals surface area contributed by atoms with Gasteiger partial charge in [-0.3, -0.25) is 0 Å². The number of hydrogen-bond donors (Lipinski definition) is 2. The SMILES string of the molecule is Cc1cc(Br)ccc1OCCC(N)=NO. The molecular formula is C10H13BrN2O2. The molecule has 3 N–H and O–H groups in total. The van der Waals surface area contributed by atoms with Gasteiger partial charge in [0.1, 0.15) is 11.6 Å². The van der Waals surface area contributed by atoms with Crippen LogP contribution in [-0.4, -0.2) is 17.6 Å². The fourth-order valence-electron chi connectivity index (χ4n) is 1.09. The molecule has 5 heteroatoms. The molecule has 0 saturated heterocycles. The Bertz CT molecular complexity index is 366. The highest BCUT2D eigenvalue weighted by Gasteiger charge is 2.00. The van der Waals surface area contributed by atoms with Crippen LogP contribution < -0.4 is 10.5 Å². The molecule has 0 aliphatic heterocycles. The maximum absolute atomic E-state index is 8.32. The maximum atomic E-state index is 8.32. The third kappa shape index (κ3) is 3.79. The van der Waals surface area contributed by atoms with Gasteiger partial charge in [-0.15, -0.1) is 0 Å². The summed E-state index contributed by atoms with van der Waals surface area (Å²) in [6.07, 6.45) is 0.409. The number of hydrogen-bond acceptors (Lipinski definition) is 3. The highest BCUT2D eigenvalue weighted by atomic mass is 79.9. The van der Waals surface area contributed by atoms with E-state index in [9.17, 15) is 0 Å². The molecule has 0 spiro atoms. The van der Waals surface area contributed by atoms with Gasteiger partial charge in [-0.1, -0.05) is 21.1 Å². The minimum Gasteiger partial charge on any atom is -0.493 e. The van der Waals surface area contributed by atoms with Crippen LogP contribution in [-0.2, 0) is 0 Å². The predicted octanol–water partition coefficient (Wildman–Crippen LogP) is 2.27. The largest absolute Gasteiger partial charge is 0.493 e. The van der Waals surface area contributed by atoms with Crippen LogP contribution in [0.4, 0.5) is 0 Å². The zero-order chi connectivity index (χ0) is 11.3. The van der Waals surface area contributed by atoms with Crippen molar-refractivity contribution in [3.63, 3.8) is 0 Å². The first kappa shape index (κ1) is 11.8. The van der Waals surface area contributed by atoms with E-state index in [2.05, 4.69) is 21.1 Å². The van der Waals surface area contributed by atoms with Gasteiger partial charge in [0.25, 0.3) is 0 Å². The molecule has 0 bridgehead atoms. The molecule has 15 heavy (non-hydrogen) atoms. The van der Waals surface area contributed by atoms with Crippen LogP contribution in [0.15, 0.2) is 27.8 Å². The third-order valence-electron chi connectivity index (χ3n) is 1.88. The van der Waals surface area contributed by atoms with Crippen LogP contribution in [0.3, 0.4) is 0 Å². The molecule has 4 nitrogen and oxygen atoms in total. The summed E-state index contributed by atoms with van der Waals surface area (Å²) in [4.78, 5) is 0. The molecule has 0 radical (unpaired) electrons. The summed E-state index contributed by atoms with van der Waals surface area (Å²) >= 11 is 3.37. The van der Waals surface area contributed by atoms with Gasteiger partial charge in [-0.05, 0) is 30.7 Å². The molecule has 0 saturated carbocycles. The average molecular weight is 273 g/mol. The molecule has 82 valence electrons. The van der Waals surface area contributed by atoms with Crippen molar-refractivity contribution in [2.75, 3.05) is 6.61 Å². The van der Waals surface area contributed by atoms with Crippen molar-refractivity contribution < 1.29 is 9.94 Å². The summed E-state index contributed by atoms with van der Waals surface area (Å²) in [5.41, 5.74) is 6.36. The Hall–Kier alpha value is -1.23. The zero-order valence-corrected chi connectivity index (χ0v) is 9.99. The molecule has 0 aliphatic rings. The Kier molecular flexibility index (Phi) is 4.42. The third-order valence-corrected chi connectivity index (χ3v) is 2.37. The quantitative estimate of drug-likeness (QED) is 0.382. The molecular weight excluding hydrogens is 260 g/mol. The van der Waals surface area contributed by atoms with E-state index in [0.717, 1.165) is 15.8 Å². The van der Waals surface area contributed by atoms with Gasteiger partial charge in [-0.2, -0.15) is 0 Å². The maximum Gasteiger partial charge on any atom is 0.142 e. The molecule has 0 aromatic heterocycles. The second-order valence-corrected chi connectivity index (χ2v) is 4.02. The van der Waals surface area contributed by atoms with Crippen LogP contribution in [0.2, 0.25) is 0 Å². The Morgan fingerprint density at radius 2 is 2.33 bits per heavy atom. The zero-order valence-electron chi connectivity index (χ0n) is 8.40. The normalized spacial score (nSPS) is 11.5. The Labute approximate surface area is 96.9 Å². The van der Waals surface area contributed by atoms with Crippen molar-refractivity contribution >= 4 is 21.8 Å². The van der Waals surface area contributed by atoms with E-state index >= 15 is 0 Å². The number of aryl methyl sites for hydroxylation is 1.